The highest BCUT2D eigenvalue weighted by Gasteiger charge is 2.57. The smallest absolute Gasteiger partial charge is 0.252 e. The number of likely N-dealkylation sites (tertiary alicyclic amines) is 1. The minimum atomic E-state index is -2.54. The van der Waals surface area contributed by atoms with Crippen LogP contribution in [0.2, 0.25) is 0 Å². The lowest BCUT2D eigenvalue weighted by Gasteiger charge is -2.08. The molecule has 0 N–H and O–H groups in total. The van der Waals surface area contributed by atoms with Crippen molar-refractivity contribution in [3.63, 3.8) is 0 Å². The molecule has 0 aromatic heterocycles. The maximum atomic E-state index is 12.6. The van der Waals surface area contributed by atoms with Gasteiger partial charge in [0.15, 0.2) is 0 Å². The van der Waals surface area contributed by atoms with E-state index in [4.69, 9.17) is 0 Å². The summed E-state index contributed by atoms with van der Waals surface area (Å²) in [6.07, 6.45) is 0.848. The maximum Gasteiger partial charge on any atom is 0.252 e. The van der Waals surface area contributed by atoms with Crippen molar-refractivity contribution in [3.8, 4) is 0 Å². The number of alkyl halides is 2. The predicted molar refractivity (Wildman–Crippen MR) is 48.3 cm³/mol. The lowest BCUT2D eigenvalue weighted by Crippen LogP contribution is -2.20. The van der Waals surface area contributed by atoms with Gasteiger partial charge in [0, 0.05) is 31.2 Å². The van der Waals surface area contributed by atoms with Gasteiger partial charge in [0.05, 0.1) is 0 Å². The van der Waals surface area contributed by atoms with Gasteiger partial charge >= 0.3 is 0 Å². The fourth-order valence-electron chi connectivity index (χ4n) is 2.10. The number of hydrogen-bond donors (Lipinski definition) is 0. The summed E-state index contributed by atoms with van der Waals surface area (Å²) in [6.45, 7) is 1.66. The Morgan fingerprint density at radius 1 is 1.57 bits per heavy atom. The highest BCUT2D eigenvalue weighted by molar-refractivity contribution is 5.82. The molecule has 14 heavy (non-hydrogen) atoms. The Balaban J connectivity index is 1.79. The molecule has 1 aliphatic heterocycles. The third-order valence-electron chi connectivity index (χ3n) is 3.25. The Hall–Kier alpha value is -0.510. The normalized spacial score (nSPS) is 35.9. The zero-order chi connectivity index (χ0) is 10.3. The summed E-state index contributed by atoms with van der Waals surface area (Å²) in [4.78, 5) is 13.6. The molecule has 0 spiro atoms. The lowest BCUT2D eigenvalue weighted by atomic mass is 9.99. The Kier molecular flexibility index (Phi) is 2.33. The van der Waals surface area contributed by atoms with Gasteiger partial charge in [0.2, 0.25) is 0 Å². The molecule has 0 bridgehead atoms. The van der Waals surface area contributed by atoms with Crippen LogP contribution in [0.25, 0.3) is 0 Å². The van der Waals surface area contributed by atoms with Crippen LogP contribution in [-0.2, 0) is 4.79 Å². The van der Waals surface area contributed by atoms with Crippen LogP contribution in [0, 0.1) is 11.8 Å². The minimum Gasteiger partial charge on any atom is -0.306 e. The number of ketones is 1. The Morgan fingerprint density at radius 3 is 2.64 bits per heavy atom. The predicted octanol–water partition coefficient (Wildman–Crippen LogP) is 1.55. The van der Waals surface area contributed by atoms with E-state index >= 15 is 0 Å². The summed E-state index contributed by atoms with van der Waals surface area (Å²) in [7, 11) is 1.96. The highest BCUT2D eigenvalue weighted by atomic mass is 19.3. The fraction of sp³-hybridized carbons (Fsp3) is 0.900. The Morgan fingerprint density at radius 2 is 2.21 bits per heavy atom. The topological polar surface area (TPSA) is 20.3 Å². The van der Waals surface area contributed by atoms with E-state index in [1.807, 2.05) is 7.05 Å². The van der Waals surface area contributed by atoms with E-state index < -0.39 is 11.8 Å². The fourth-order valence-corrected chi connectivity index (χ4v) is 2.10. The highest BCUT2D eigenvalue weighted by Crippen LogP contribution is 2.51. The second-order valence-electron chi connectivity index (χ2n) is 4.58. The molecule has 0 aromatic carbocycles. The SMILES string of the molecule is CN1CCC(C(=O)CC2CC2(F)F)C1. The number of hydrogen-bond acceptors (Lipinski definition) is 2. The van der Waals surface area contributed by atoms with Crippen molar-refractivity contribution in [2.45, 2.75) is 25.2 Å². The number of rotatable bonds is 3. The van der Waals surface area contributed by atoms with E-state index in [9.17, 15) is 13.6 Å². The first-order valence-corrected chi connectivity index (χ1v) is 5.08. The molecule has 2 unspecified atom stereocenters. The number of carbonyl (C=O) groups is 1. The van der Waals surface area contributed by atoms with Gasteiger partial charge in [-0.2, -0.15) is 0 Å². The molecular weight excluding hydrogens is 188 g/mol. The van der Waals surface area contributed by atoms with Gasteiger partial charge in [-0.25, -0.2) is 8.78 Å². The van der Waals surface area contributed by atoms with Crippen LogP contribution in [0.3, 0.4) is 0 Å². The molecule has 80 valence electrons. The molecular formula is C10H15F2NO. The quantitative estimate of drug-likeness (QED) is 0.693. The first-order valence-electron chi connectivity index (χ1n) is 5.08. The summed E-state index contributed by atoms with van der Waals surface area (Å²) in [5.41, 5.74) is 0. The van der Waals surface area contributed by atoms with E-state index in [0.29, 0.717) is 0 Å². The molecule has 2 atom stereocenters. The van der Waals surface area contributed by atoms with Crippen molar-refractivity contribution in [2.24, 2.45) is 11.8 Å². The first kappa shape index (κ1) is 10.0. The Bertz CT molecular complexity index is 255. The van der Waals surface area contributed by atoms with E-state index in [1.165, 1.54) is 0 Å². The molecule has 0 radical (unpaired) electrons. The monoisotopic (exact) mass is 203 g/mol. The van der Waals surface area contributed by atoms with Crippen LogP contribution in [0.5, 0.6) is 0 Å². The van der Waals surface area contributed by atoms with Crippen molar-refractivity contribution in [2.75, 3.05) is 20.1 Å². The first-order chi connectivity index (χ1) is 6.49. The molecule has 4 heteroatoms. The van der Waals surface area contributed by atoms with Crippen LogP contribution in [0.15, 0.2) is 0 Å². The number of nitrogens with zero attached hydrogens (tertiary/aromatic N) is 1. The average molecular weight is 203 g/mol. The zero-order valence-electron chi connectivity index (χ0n) is 8.30. The van der Waals surface area contributed by atoms with Crippen LogP contribution < -0.4 is 0 Å². The van der Waals surface area contributed by atoms with Gasteiger partial charge in [-0.1, -0.05) is 0 Å². The molecule has 2 nitrogen and oxygen atoms in total. The molecule has 2 aliphatic rings. The summed E-state index contributed by atoms with van der Waals surface area (Å²) < 4.78 is 25.1. The van der Waals surface area contributed by atoms with Crippen molar-refractivity contribution in [1.82, 2.24) is 4.90 Å². The van der Waals surface area contributed by atoms with Gasteiger partial charge in [-0.05, 0) is 20.0 Å². The third kappa shape index (κ3) is 1.95. The molecule has 2 fully saturated rings. The van der Waals surface area contributed by atoms with Gasteiger partial charge in [-0.15, -0.1) is 0 Å². The van der Waals surface area contributed by atoms with Crippen LogP contribution in [-0.4, -0.2) is 36.7 Å². The molecule has 2 rings (SSSR count). The van der Waals surface area contributed by atoms with Crippen LogP contribution >= 0.6 is 0 Å². The standard InChI is InChI=1S/C10H15F2NO/c1-13-3-2-7(6-13)9(14)4-8-5-10(8,11)12/h7-8H,2-6H2,1H3. The number of carbonyl (C=O) groups excluding carboxylic acids is 1. The molecule has 1 aliphatic carbocycles. The second kappa shape index (κ2) is 3.26. The van der Waals surface area contributed by atoms with Gasteiger partial charge < -0.3 is 4.90 Å². The van der Waals surface area contributed by atoms with Gasteiger partial charge in [0.1, 0.15) is 5.78 Å². The van der Waals surface area contributed by atoms with Crippen molar-refractivity contribution in [3.05, 3.63) is 0 Å². The van der Waals surface area contributed by atoms with Gasteiger partial charge in [-0.3, -0.25) is 4.79 Å². The number of halogens is 2. The van der Waals surface area contributed by atoms with Crippen LogP contribution in [0.1, 0.15) is 19.3 Å². The maximum absolute atomic E-state index is 12.6. The third-order valence-corrected chi connectivity index (χ3v) is 3.25. The van der Waals surface area contributed by atoms with E-state index in [2.05, 4.69) is 4.90 Å². The molecule has 1 saturated heterocycles. The summed E-state index contributed by atoms with van der Waals surface area (Å²) >= 11 is 0. The Labute approximate surface area is 82.3 Å². The lowest BCUT2D eigenvalue weighted by molar-refractivity contribution is -0.123. The summed E-state index contributed by atoms with van der Waals surface area (Å²) in [5.74, 6) is -3.14. The van der Waals surface area contributed by atoms with E-state index in [0.717, 1.165) is 19.5 Å². The summed E-state index contributed by atoms with van der Waals surface area (Å²) in [5, 5.41) is 0. The number of Topliss-reactive ketones (excluding diaryl/α,β-unsaturated/α-hetero) is 1. The van der Waals surface area contributed by atoms with Crippen molar-refractivity contribution < 1.29 is 13.6 Å². The molecule has 1 heterocycles. The molecule has 0 aromatic rings. The van der Waals surface area contributed by atoms with Gasteiger partial charge in [0.25, 0.3) is 5.92 Å². The minimum absolute atomic E-state index is 0.0106. The molecule has 1 saturated carbocycles. The van der Waals surface area contributed by atoms with Crippen LogP contribution in [0.4, 0.5) is 8.78 Å². The van der Waals surface area contributed by atoms with Crippen molar-refractivity contribution >= 4 is 5.78 Å². The van der Waals surface area contributed by atoms with Crippen molar-refractivity contribution in [1.29, 1.82) is 0 Å². The van der Waals surface area contributed by atoms with E-state index in [1.54, 1.807) is 0 Å². The van der Waals surface area contributed by atoms with E-state index in [-0.39, 0.29) is 24.5 Å². The average Bonchev–Trinajstić information content (AvgIpc) is 2.52. The second-order valence-corrected chi connectivity index (χ2v) is 4.58. The zero-order valence-corrected chi connectivity index (χ0v) is 8.30. The summed E-state index contributed by atoms with van der Waals surface area (Å²) in [6, 6.07) is 0. The largest absolute Gasteiger partial charge is 0.306 e. The molecule has 0 amide bonds.